The Hall–Kier alpha value is 0.0500. The zero-order valence-corrected chi connectivity index (χ0v) is 16.2. The van der Waals surface area contributed by atoms with E-state index >= 15 is 0 Å². The van der Waals surface area contributed by atoms with Gasteiger partial charge in [0.05, 0.1) is 18.8 Å². The van der Waals surface area contributed by atoms with Crippen molar-refractivity contribution in [3.8, 4) is 0 Å². The Morgan fingerprint density at radius 2 is 1.95 bits per heavy atom. The SMILES string of the molecule is O=C(CN1CCCCC1CO)Nc1c(Br)cc(Br)cc1Br. The van der Waals surface area contributed by atoms with Crippen LogP contribution in [0.15, 0.2) is 25.6 Å². The summed E-state index contributed by atoms with van der Waals surface area (Å²) in [6.45, 7) is 1.28. The van der Waals surface area contributed by atoms with Gasteiger partial charge in [0, 0.05) is 19.5 Å². The lowest BCUT2D eigenvalue weighted by Gasteiger charge is -2.33. The number of hydrogen-bond donors (Lipinski definition) is 2. The highest BCUT2D eigenvalue weighted by Gasteiger charge is 2.24. The Bertz CT molecular complexity index is 502. The maximum atomic E-state index is 12.2. The first-order valence-corrected chi connectivity index (χ1v) is 9.18. The number of aliphatic hydroxyl groups is 1. The fraction of sp³-hybridized carbons (Fsp3) is 0.500. The number of nitrogens with one attached hydrogen (secondary N) is 1. The number of carbonyl (C=O) groups is 1. The standard InChI is InChI=1S/C14H17Br3N2O2/c15-9-5-11(16)14(12(17)6-9)18-13(21)7-19-4-2-1-3-10(19)8-20/h5-6,10,20H,1-4,7-8H2,(H,18,21). The van der Waals surface area contributed by atoms with E-state index in [0.29, 0.717) is 6.54 Å². The molecule has 0 saturated carbocycles. The van der Waals surface area contributed by atoms with E-state index in [1.54, 1.807) is 0 Å². The number of hydrogen-bond acceptors (Lipinski definition) is 3. The molecule has 7 heteroatoms. The van der Waals surface area contributed by atoms with Crippen molar-refractivity contribution >= 4 is 59.4 Å². The van der Waals surface area contributed by atoms with Gasteiger partial charge in [0.1, 0.15) is 0 Å². The molecule has 4 nitrogen and oxygen atoms in total. The lowest BCUT2D eigenvalue weighted by atomic mass is 10.0. The molecule has 0 aromatic heterocycles. The van der Waals surface area contributed by atoms with Gasteiger partial charge >= 0.3 is 0 Å². The topological polar surface area (TPSA) is 52.6 Å². The van der Waals surface area contributed by atoms with Gasteiger partial charge in [-0.2, -0.15) is 0 Å². The number of likely N-dealkylation sites (tertiary alicyclic amines) is 1. The molecule has 1 aliphatic heterocycles. The number of halogens is 3. The molecule has 1 aliphatic rings. The van der Waals surface area contributed by atoms with E-state index in [2.05, 4.69) is 58.0 Å². The first-order chi connectivity index (χ1) is 10.0. The molecule has 1 unspecified atom stereocenters. The fourth-order valence-corrected chi connectivity index (χ4v) is 4.96. The Labute approximate surface area is 149 Å². The quantitative estimate of drug-likeness (QED) is 0.684. The third-order valence-electron chi connectivity index (χ3n) is 3.58. The molecule has 2 N–H and O–H groups in total. The van der Waals surface area contributed by atoms with Crippen molar-refractivity contribution in [2.75, 3.05) is 25.0 Å². The van der Waals surface area contributed by atoms with Crippen LogP contribution in [0.25, 0.3) is 0 Å². The molecule has 116 valence electrons. The van der Waals surface area contributed by atoms with Crippen LogP contribution in [0, 0.1) is 0 Å². The molecular formula is C14H17Br3N2O2. The minimum atomic E-state index is -0.0703. The summed E-state index contributed by atoms with van der Waals surface area (Å²) in [5, 5.41) is 12.3. The molecule has 1 aromatic carbocycles. The van der Waals surface area contributed by atoms with Crippen LogP contribution >= 0.6 is 47.8 Å². The van der Waals surface area contributed by atoms with Crippen LogP contribution in [0.4, 0.5) is 5.69 Å². The molecule has 21 heavy (non-hydrogen) atoms. The molecule has 1 heterocycles. The zero-order valence-electron chi connectivity index (χ0n) is 11.4. The van der Waals surface area contributed by atoms with Crippen molar-refractivity contribution < 1.29 is 9.90 Å². The van der Waals surface area contributed by atoms with E-state index in [-0.39, 0.29) is 18.6 Å². The van der Waals surface area contributed by atoms with Gasteiger partial charge in [0.15, 0.2) is 0 Å². The van der Waals surface area contributed by atoms with Crippen molar-refractivity contribution in [2.24, 2.45) is 0 Å². The summed E-state index contributed by atoms with van der Waals surface area (Å²) >= 11 is 10.3. The highest BCUT2D eigenvalue weighted by Crippen LogP contribution is 2.34. The number of benzene rings is 1. The lowest BCUT2D eigenvalue weighted by Crippen LogP contribution is -2.45. The predicted octanol–water partition coefficient (Wildman–Crippen LogP) is 3.76. The molecular weight excluding hydrogens is 468 g/mol. The molecule has 0 aliphatic carbocycles. The monoisotopic (exact) mass is 482 g/mol. The molecule has 1 atom stereocenters. The third-order valence-corrected chi connectivity index (χ3v) is 5.29. The van der Waals surface area contributed by atoms with Crippen molar-refractivity contribution in [3.05, 3.63) is 25.6 Å². The number of nitrogens with zero attached hydrogens (tertiary/aromatic N) is 1. The molecule has 2 rings (SSSR count). The molecule has 0 radical (unpaired) electrons. The van der Waals surface area contributed by atoms with Gasteiger partial charge in [-0.3, -0.25) is 9.69 Å². The minimum absolute atomic E-state index is 0.0703. The minimum Gasteiger partial charge on any atom is -0.395 e. The van der Waals surface area contributed by atoms with Gasteiger partial charge in [-0.1, -0.05) is 22.4 Å². The van der Waals surface area contributed by atoms with Gasteiger partial charge in [0.25, 0.3) is 0 Å². The summed E-state index contributed by atoms with van der Waals surface area (Å²) in [4.78, 5) is 14.3. The van der Waals surface area contributed by atoms with E-state index in [0.717, 1.165) is 44.9 Å². The molecule has 1 saturated heterocycles. The third kappa shape index (κ3) is 4.76. The summed E-state index contributed by atoms with van der Waals surface area (Å²) in [6, 6.07) is 3.87. The molecule has 0 bridgehead atoms. The first kappa shape index (κ1) is 17.4. The van der Waals surface area contributed by atoms with Gasteiger partial charge in [0.2, 0.25) is 5.91 Å². The summed E-state index contributed by atoms with van der Waals surface area (Å²) < 4.78 is 2.56. The summed E-state index contributed by atoms with van der Waals surface area (Å²) in [6.07, 6.45) is 3.15. The molecule has 1 amide bonds. The highest BCUT2D eigenvalue weighted by atomic mass is 79.9. The fourth-order valence-electron chi connectivity index (χ4n) is 2.50. The lowest BCUT2D eigenvalue weighted by molar-refractivity contribution is -0.118. The number of anilines is 1. The maximum Gasteiger partial charge on any atom is 0.238 e. The number of carbonyl (C=O) groups excluding carboxylic acids is 1. The zero-order chi connectivity index (χ0) is 15.4. The average molecular weight is 485 g/mol. The second-order valence-electron chi connectivity index (χ2n) is 5.10. The van der Waals surface area contributed by atoms with Crippen molar-refractivity contribution in [2.45, 2.75) is 25.3 Å². The normalized spacial score (nSPS) is 19.5. The van der Waals surface area contributed by atoms with Crippen LogP contribution in [-0.2, 0) is 4.79 Å². The Balaban J connectivity index is 2.01. The van der Waals surface area contributed by atoms with Crippen molar-refractivity contribution in [1.82, 2.24) is 4.90 Å². The molecule has 1 aromatic rings. The average Bonchev–Trinajstić information content (AvgIpc) is 2.43. The summed E-state index contributed by atoms with van der Waals surface area (Å²) in [7, 11) is 0. The Morgan fingerprint density at radius 3 is 2.57 bits per heavy atom. The second kappa shape index (κ2) is 8.06. The van der Waals surface area contributed by atoms with Crippen molar-refractivity contribution in [1.29, 1.82) is 0 Å². The molecule has 1 fully saturated rings. The summed E-state index contributed by atoms with van der Waals surface area (Å²) in [5.41, 5.74) is 0.723. The number of rotatable bonds is 4. The van der Waals surface area contributed by atoms with Crippen LogP contribution < -0.4 is 5.32 Å². The maximum absolute atomic E-state index is 12.2. The van der Waals surface area contributed by atoms with Gasteiger partial charge in [-0.15, -0.1) is 0 Å². The van der Waals surface area contributed by atoms with Gasteiger partial charge < -0.3 is 10.4 Å². The second-order valence-corrected chi connectivity index (χ2v) is 7.72. The smallest absolute Gasteiger partial charge is 0.238 e. The van der Waals surface area contributed by atoms with E-state index in [1.165, 1.54) is 0 Å². The number of amides is 1. The Kier molecular flexibility index (Phi) is 6.68. The molecule has 0 spiro atoms. The van der Waals surface area contributed by atoms with Crippen LogP contribution in [0.5, 0.6) is 0 Å². The van der Waals surface area contributed by atoms with E-state index in [4.69, 9.17) is 0 Å². The van der Waals surface area contributed by atoms with Crippen LogP contribution in [0.2, 0.25) is 0 Å². The summed E-state index contributed by atoms with van der Waals surface area (Å²) in [5.74, 6) is -0.0703. The van der Waals surface area contributed by atoms with Crippen molar-refractivity contribution in [3.63, 3.8) is 0 Å². The van der Waals surface area contributed by atoms with Crippen LogP contribution in [0.1, 0.15) is 19.3 Å². The van der Waals surface area contributed by atoms with E-state index in [9.17, 15) is 9.90 Å². The van der Waals surface area contributed by atoms with Crippen LogP contribution in [0.3, 0.4) is 0 Å². The van der Waals surface area contributed by atoms with Crippen LogP contribution in [-0.4, -0.2) is 41.7 Å². The highest BCUT2D eigenvalue weighted by molar-refractivity contribution is 9.11. The van der Waals surface area contributed by atoms with E-state index < -0.39 is 0 Å². The van der Waals surface area contributed by atoms with E-state index in [1.807, 2.05) is 12.1 Å². The number of aliphatic hydroxyl groups excluding tert-OH is 1. The largest absolute Gasteiger partial charge is 0.395 e. The van der Waals surface area contributed by atoms with Gasteiger partial charge in [-0.05, 0) is 63.4 Å². The van der Waals surface area contributed by atoms with Gasteiger partial charge in [-0.25, -0.2) is 0 Å². The predicted molar refractivity (Wildman–Crippen MR) is 94.5 cm³/mol. The first-order valence-electron chi connectivity index (χ1n) is 6.80. The number of piperidine rings is 1. The Morgan fingerprint density at radius 1 is 1.29 bits per heavy atom.